The molecule has 0 N–H and O–H groups in total. The van der Waals surface area contributed by atoms with Gasteiger partial charge < -0.3 is 13.8 Å². The number of anilines is 1. The molecule has 0 radical (unpaired) electrons. The molecule has 1 aromatic carbocycles. The number of nitrogens with zero attached hydrogens (tertiary/aromatic N) is 5. The molecule has 2 aromatic heterocycles. The van der Waals surface area contributed by atoms with E-state index in [1.807, 2.05) is 29.2 Å². The van der Waals surface area contributed by atoms with Crippen molar-refractivity contribution in [2.24, 2.45) is 11.3 Å². The van der Waals surface area contributed by atoms with Crippen LogP contribution in [0.2, 0.25) is 0 Å². The lowest BCUT2D eigenvalue weighted by molar-refractivity contribution is -0.127. The number of halogens is 2. The Morgan fingerprint density at radius 2 is 1.67 bits per heavy atom. The van der Waals surface area contributed by atoms with Gasteiger partial charge in [0.15, 0.2) is 5.82 Å². The maximum absolute atomic E-state index is 14.2. The van der Waals surface area contributed by atoms with E-state index in [0.717, 1.165) is 74.3 Å². The monoisotopic (exact) mass is 593 g/mol. The Kier molecular flexibility index (Phi) is 6.78. The van der Waals surface area contributed by atoms with Gasteiger partial charge in [0.2, 0.25) is 23.6 Å². The van der Waals surface area contributed by atoms with E-state index in [1.54, 1.807) is 0 Å². The number of aromatic nitrogens is 4. The highest BCUT2D eigenvalue weighted by Crippen LogP contribution is 2.58. The number of benzene rings is 1. The molecule has 10 heteroatoms. The highest BCUT2D eigenvalue weighted by molar-refractivity contribution is 5.95. The summed E-state index contributed by atoms with van der Waals surface area (Å²) in [7, 11) is 0. The first kappa shape index (κ1) is 28.6. The van der Waals surface area contributed by atoms with Crippen LogP contribution in [0.1, 0.15) is 121 Å². The molecule has 1 amide bonds. The highest BCUT2D eigenvalue weighted by Gasteiger charge is 2.53. The minimum absolute atomic E-state index is 0.0530. The van der Waals surface area contributed by atoms with Gasteiger partial charge in [0.25, 0.3) is 5.89 Å². The summed E-state index contributed by atoms with van der Waals surface area (Å²) in [4.78, 5) is 20.7. The number of fused-ring (bicyclic) bond motifs is 3. The number of hydrogen-bond donors (Lipinski definition) is 0. The van der Waals surface area contributed by atoms with E-state index in [1.165, 1.54) is 0 Å². The molecule has 3 aromatic rings. The summed E-state index contributed by atoms with van der Waals surface area (Å²) in [6.07, 6.45) is 7.73. The van der Waals surface area contributed by atoms with E-state index in [0.29, 0.717) is 24.2 Å². The van der Waals surface area contributed by atoms with E-state index in [4.69, 9.17) is 8.94 Å². The van der Waals surface area contributed by atoms with Crippen LogP contribution in [-0.2, 0) is 15.6 Å². The number of carbonyl (C=O) groups is 1. The molecular formula is C33H41F2N5O3. The topological polar surface area (TPSA) is 98.2 Å². The Morgan fingerprint density at radius 3 is 2.30 bits per heavy atom. The molecule has 8 nitrogen and oxygen atoms in total. The molecule has 5 aliphatic rings. The smallest absolute Gasteiger partial charge is 0.258 e. The molecule has 0 aliphatic heterocycles. The quantitative estimate of drug-likeness (QED) is 0.276. The van der Waals surface area contributed by atoms with Crippen molar-refractivity contribution in [3.8, 4) is 11.5 Å². The van der Waals surface area contributed by atoms with Crippen molar-refractivity contribution in [2.75, 3.05) is 11.4 Å². The minimum atomic E-state index is -2.69. The molecule has 2 bridgehead atoms. The summed E-state index contributed by atoms with van der Waals surface area (Å²) in [5.41, 5.74) is 1.16. The summed E-state index contributed by atoms with van der Waals surface area (Å²) in [5, 5.41) is 13.0. The van der Waals surface area contributed by atoms with Crippen LogP contribution in [0.5, 0.6) is 0 Å². The van der Waals surface area contributed by atoms with E-state index < -0.39 is 11.8 Å². The number of hydrogen-bond acceptors (Lipinski definition) is 7. The van der Waals surface area contributed by atoms with E-state index in [2.05, 4.69) is 41.1 Å². The van der Waals surface area contributed by atoms with Gasteiger partial charge >= 0.3 is 0 Å². The lowest BCUT2D eigenvalue weighted by Gasteiger charge is -2.53. The van der Waals surface area contributed by atoms with Gasteiger partial charge in [0.1, 0.15) is 0 Å². The number of amides is 1. The summed E-state index contributed by atoms with van der Waals surface area (Å²) >= 11 is 0. The largest absolute Gasteiger partial charge is 0.424 e. The summed E-state index contributed by atoms with van der Waals surface area (Å²) < 4.78 is 39.9. The molecule has 230 valence electrons. The van der Waals surface area contributed by atoms with Crippen molar-refractivity contribution in [3.05, 3.63) is 41.9 Å². The fourth-order valence-corrected chi connectivity index (χ4v) is 7.37. The average Bonchev–Trinajstić information content (AvgIpc) is 3.48. The Hall–Kier alpha value is -3.17. The molecule has 0 spiro atoms. The zero-order valence-corrected chi connectivity index (χ0v) is 25.4. The second kappa shape index (κ2) is 10.2. The molecular weight excluding hydrogens is 552 g/mol. The molecule has 0 unspecified atom stereocenters. The maximum atomic E-state index is 14.2. The normalized spacial score (nSPS) is 27.4. The van der Waals surface area contributed by atoms with Crippen molar-refractivity contribution in [2.45, 2.75) is 120 Å². The summed E-state index contributed by atoms with van der Waals surface area (Å²) in [5.74, 6) is -0.182. The van der Waals surface area contributed by atoms with Crippen LogP contribution in [0.25, 0.3) is 11.5 Å². The molecule has 43 heavy (non-hydrogen) atoms. The standard InChI is InChI=1S/C33H41F2N5O3/c1-30(2,3)28-37-38-29(42-28)32-16-13-31(14-17-32,15-18-32)20-40(27(41)22-9-11-33(34,35)12-10-22)24-6-4-5-23(19-24)26-36-25(39-43-26)21-7-8-21/h4-6,19,21-22H,7-18,20H2,1-3H3. The van der Waals surface area contributed by atoms with Crippen LogP contribution in [0.15, 0.2) is 33.2 Å². The first-order chi connectivity index (χ1) is 20.4. The Balaban J connectivity index is 1.14. The van der Waals surface area contributed by atoms with E-state index in [-0.39, 0.29) is 47.8 Å². The zero-order valence-electron chi connectivity index (χ0n) is 25.4. The Bertz CT molecular complexity index is 1470. The van der Waals surface area contributed by atoms with Gasteiger partial charge in [-0.2, -0.15) is 4.98 Å². The van der Waals surface area contributed by atoms with Gasteiger partial charge in [-0.15, -0.1) is 10.2 Å². The molecule has 8 rings (SSSR count). The van der Waals surface area contributed by atoms with Crippen molar-refractivity contribution in [1.29, 1.82) is 0 Å². The minimum Gasteiger partial charge on any atom is -0.424 e. The molecule has 2 heterocycles. The fourth-order valence-electron chi connectivity index (χ4n) is 7.37. The third kappa shape index (κ3) is 5.50. The molecule has 5 fully saturated rings. The Labute approximate surface area is 251 Å². The number of alkyl halides is 2. The van der Waals surface area contributed by atoms with Gasteiger partial charge in [0, 0.05) is 53.3 Å². The van der Waals surface area contributed by atoms with Crippen LogP contribution >= 0.6 is 0 Å². The third-order valence-corrected chi connectivity index (χ3v) is 10.5. The van der Waals surface area contributed by atoms with E-state index in [9.17, 15) is 13.6 Å². The van der Waals surface area contributed by atoms with Crippen LogP contribution in [-0.4, -0.2) is 38.7 Å². The van der Waals surface area contributed by atoms with Crippen LogP contribution in [0, 0.1) is 11.3 Å². The predicted molar refractivity (Wildman–Crippen MR) is 156 cm³/mol. The first-order valence-corrected chi connectivity index (χ1v) is 15.9. The third-order valence-electron chi connectivity index (χ3n) is 10.5. The van der Waals surface area contributed by atoms with Crippen molar-refractivity contribution in [1.82, 2.24) is 20.3 Å². The maximum Gasteiger partial charge on any atom is 0.258 e. The number of carbonyl (C=O) groups excluding carboxylic acids is 1. The van der Waals surface area contributed by atoms with Gasteiger partial charge in [-0.05, 0) is 87.8 Å². The van der Waals surface area contributed by atoms with Crippen molar-refractivity contribution in [3.63, 3.8) is 0 Å². The SMILES string of the molecule is CC(C)(C)c1nnc(C23CCC(CN(C(=O)C4CCC(F)(F)CC4)c4cccc(-c5nc(C6CC6)no5)c4)(CC2)CC3)o1. The highest BCUT2D eigenvalue weighted by atomic mass is 19.3. The Morgan fingerprint density at radius 1 is 0.977 bits per heavy atom. The predicted octanol–water partition coefficient (Wildman–Crippen LogP) is 7.75. The lowest BCUT2D eigenvalue weighted by atomic mass is 9.53. The summed E-state index contributed by atoms with van der Waals surface area (Å²) in [6, 6.07) is 7.71. The summed E-state index contributed by atoms with van der Waals surface area (Å²) in [6.45, 7) is 6.79. The lowest BCUT2D eigenvalue weighted by Crippen LogP contribution is -2.52. The van der Waals surface area contributed by atoms with Crippen LogP contribution in [0.3, 0.4) is 0 Å². The van der Waals surface area contributed by atoms with Crippen molar-refractivity contribution < 1.29 is 22.5 Å². The van der Waals surface area contributed by atoms with Crippen LogP contribution in [0.4, 0.5) is 14.5 Å². The second-order valence-corrected chi connectivity index (χ2v) is 14.8. The molecule has 5 saturated carbocycles. The van der Waals surface area contributed by atoms with E-state index >= 15 is 0 Å². The van der Waals surface area contributed by atoms with Gasteiger partial charge in [-0.1, -0.05) is 32.0 Å². The molecule has 0 atom stereocenters. The molecule has 0 saturated heterocycles. The molecule has 5 aliphatic carbocycles. The average molecular weight is 594 g/mol. The van der Waals surface area contributed by atoms with Gasteiger partial charge in [-0.3, -0.25) is 4.79 Å². The fraction of sp³-hybridized carbons (Fsp3) is 0.667. The zero-order chi connectivity index (χ0) is 30.0. The second-order valence-electron chi connectivity index (χ2n) is 14.8. The number of rotatable bonds is 7. The van der Waals surface area contributed by atoms with Gasteiger partial charge in [0.05, 0.1) is 0 Å². The first-order valence-electron chi connectivity index (χ1n) is 15.9. The van der Waals surface area contributed by atoms with Gasteiger partial charge in [-0.25, -0.2) is 8.78 Å². The van der Waals surface area contributed by atoms with Crippen molar-refractivity contribution >= 4 is 11.6 Å². The van der Waals surface area contributed by atoms with Crippen LogP contribution < -0.4 is 4.90 Å².